The lowest BCUT2D eigenvalue weighted by molar-refractivity contribution is 0.796. The van der Waals surface area contributed by atoms with Crippen molar-refractivity contribution in [3.05, 3.63) is 30.3 Å². The summed E-state index contributed by atoms with van der Waals surface area (Å²) in [6.45, 7) is 1.37. The van der Waals surface area contributed by atoms with E-state index < -0.39 is 0 Å². The minimum atomic E-state index is 0.486. The third-order valence-electron chi connectivity index (χ3n) is 2.11. The minimum Gasteiger partial charge on any atom is -0.369 e. The molecule has 1 aromatic carbocycles. The van der Waals surface area contributed by atoms with Gasteiger partial charge in [-0.2, -0.15) is 10.5 Å². The number of anilines is 1. The molecule has 0 aliphatic carbocycles. The van der Waals surface area contributed by atoms with Crippen molar-refractivity contribution in [1.82, 2.24) is 0 Å². The molecule has 1 rings (SSSR count). The van der Waals surface area contributed by atoms with Gasteiger partial charge in [0.05, 0.1) is 25.0 Å². The van der Waals surface area contributed by atoms with E-state index in [1.54, 1.807) is 0 Å². The lowest BCUT2D eigenvalue weighted by Crippen LogP contribution is -2.25. The Morgan fingerprint density at radius 3 is 1.93 bits per heavy atom. The number of nitriles is 2. The van der Waals surface area contributed by atoms with Crippen LogP contribution in [0.15, 0.2) is 30.3 Å². The first-order chi connectivity index (χ1) is 7.38. The predicted octanol–water partition coefficient (Wildman–Crippen LogP) is 2.32. The molecule has 3 heteroatoms. The average Bonchev–Trinajstić information content (AvgIpc) is 2.30. The first kappa shape index (κ1) is 11.1. The highest BCUT2D eigenvalue weighted by Gasteiger charge is 2.04. The van der Waals surface area contributed by atoms with E-state index >= 15 is 0 Å². The number of para-hydroxylation sites is 1. The van der Waals surface area contributed by atoms with Gasteiger partial charge in [-0.3, -0.25) is 0 Å². The summed E-state index contributed by atoms with van der Waals surface area (Å²) in [5.74, 6) is 0. The van der Waals surface area contributed by atoms with Gasteiger partial charge in [0.25, 0.3) is 0 Å². The van der Waals surface area contributed by atoms with E-state index in [2.05, 4.69) is 17.0 Å². The molecule has 0 unspecified atom stereocenters. The van der Waals surface area contributed by atoms with Crippen molar-refractivity contribution in [2.24, 2.45) is 0 Å². The van der Waals surface area contributed by atoms with Gasteiger partial charge in [0.15, 0.2) is 0 Å². The topological polar surface area (TPSA) is 50.8 Å². The van der Waals surface area contributed by atoms with Crippen LogP contribution in [0.1, 0.15) is 12.8 Å². The van der Waals surface area contributed by atoms with Crippen LogP contribution in [0.2, 0.25) is 0 Å². The monoisotopic (exact) mass is 199 g/mol. The van der Waals surface area contributed by atoms with Crippen LogP contribution in [0, 0.1) is 22.7 Å². The van der Waals surface area contributed by atoms with Crippen LogP contribution in [0.4, 0.5) is 5.69 Å². The van der Waals surface area contributed by atoms with Crippen molar-refractivity contribution < 1.29 is 0 Å². The highest BCUT2D eigenvalue weighted by Crippen LogP contribution is 2.13. The van der Waals surface area contributed by atoms with Gasteiger partial charge >= 0.3 is 0 Å². The highest BCUT2D eigenvalue weighted by atomic mass is 15.1. The molecule has 0 saturated heterocycles. The van der Waals surface area contributed by atoms with E-state index in [1.807, 2.05) is 30.3 Å². The van der Waals surface area contributed by atoms with Crippen LogP contribution in [-0.4, -0.2) is 13.1 Å². The largest absolute Gasteiger partial charge is 0.369 e. The maximum atomic E-state index is 8.55. The van der Waals surface area contributed by atoms with Crippen LogP contribution in [-0.2, 0) is 0 Å². The van der Waals surface area contributed by atoms with Crippen LogP contribution in [0.25, 0.3) is 0 Å². The molecule has 0 bridgehead atoms. The van der Waals surface area contributed by atoms with Gasteiger partial charge in [0, 0.05) is 18.8 Å². The van der Waals surface area contributed by atoms with Crippen molar-refractivity contribution in [2.75, 3.05) is 18.0 Å². The minimum absolute atomic E-state index is 0.486. The molecule has 0 aliphatic heterocycles. The smallest absolute Gasteiger partial charge is 0.0640 e. The van der Waals surface area contributed by atoms with Gasteiger partial charge in [-0.15, -0.1) is 0 Å². The standard InChI is InChI=1S/C12H13N3/c13-8-4-10-15(11-5-9-14)12-6-2-1-3-7-12/h1-3,6-7H,4-5,10-11H2. The van der Waals surface area contributed by atoms with Crippen molar-refractivity contribution in [2.45, 2.75) is 12.8 Å². The van der Waals surface area contributed by atoms with E-state index in [0.29, 0.717) is 25.9 Å². The number of hydrogen-bond acceptors (Lipinski definition) is 3. The molecule has 0 spiro atoms. The Hall–Kier alpha value is -2.00. The summed E-state index contributed by atoms with van der Waals surface area (Å²) in [6.07, 6.45) is 0.973. The molecule has 0 saturated carbocycles. The van der Waals surface area contributed by atoms with Crippen molar-refractivity contribution in [3.63, 3.8) is 0 Å². The average molecular weight is 199 g/mol. The van der Waals surface area contributed by atoms with Gasteiger partial charge in [0.1, 0.15) is 0 Å². The van der Waals surface area contributed by atoms with E-state index in [0.717, 1.165) is 5.69 Å². The van der Waals surface area contributed by atoms with E-state index in [-0.39, 0.29) is 0 Å². The van der Waals surface area contributed by atoms with E-state index in [9.17, 15) is 0 Å². The maximum Gasteiger partial charge on any atom is 0.0640 e. The zero-order valence-electron chi connectivity index (χ0n) is 8.56. The Kier molecular flexibility index (Phi) is 4.77. The molecule has 0 aromatic heterocycles. The van der Waals surface area contributed by atoms with Crippen LogP contribution < -0.4 is 4.90 Å². The molecule has 0 radical (unpaired) electrons. The fraction of sp³-hybridized carbons (Fsp3) is 0.333. The van der Waals surface area contributed by atoms with Crippen LogP contribution >= 0.6 is 0 Å². The first-order valence-corrected chi connectivity index (χ1v) is 4.92. The molecule has 15 heavy (non-hydrogen) atoms. The number of hydrogen-bond donors (Lipinski definition) is 0. The molecule has 76 valence electrons. The molecule has 3 nitrogen and oxygen atoms in total. The highest BCUT2D eigenvalue weighted by molar-refractivity contribution is 5.46. The second kappa shape index (κ2) is 6.45. The normalized spacial score (nSPS) is 8.93. The summed E-state index contributed by atoms with van der Waals surface area (Å²) < 4.78 is 0. The summed E-state index contributed by atoms with van der Waals surface area (Å²) in [5.41, 5.74) is 1.07. The SMILES string of the molecule is N#CCCN(CCC#N)c1ccccc1. The number of rotatable bonds is 5. The van der Waals surface area contributed by atoms with Crippen molar-refractivity contribution in [1.29, 1.82) is 10.5 Å². The molecule has 1 aromatic rings. The van der Waals surface area contributed by atoms with Crippen LogP contribution in [0.5, 0.6) is 0 Å². The molecule has 0 aliphatic rings. The molecule has 0 amide bonds. The second-order valence-electron chi connectivity index (χ2n) is 3.14. The fourth-order valence-corrected chi connectivity index (χ4v) is 1.38. The summed E-state index contributed by atoms with van der Waals surface area (Å²) in [7, 11) is 0. The van der Waals surface area contributed by atoms with Crippen molar-refractivity contribution >= 4 is 5.69 Å². The first-order valence-electron chi connectivity index (χ1n) is 4.92. The predicted molar refractivity (Wildman–Crippen MR) is 59.1 cm³/mol. The van der Waals surface area contributed by atoms with Crippen LogP contribution in [0.3, 0.4) is 0 Å². The van der Waals surface area contributed by atoms with E-state index in [4.69, 9.17) is 10.5 Å². The zero-order chi connectivity index (χ0) is 10.9. The van der Waals surface area contributed by atoms with Crippen molar-refractivity contribution in [3.8, 4) is 12.1 Å². The third kappa shape index (κ3) is 3.70. The van der Waals surface area contributed by atoms with Gasteiger partial charge in [-0.05, 0) is 12.1 Å². The Labute approximate surface area is 90.2 Å². The second-order valence-corrected chi connectivity index (χ2v) is 3.14. The van der Waals surface area contributed by atoms with Gasteiger partial charge < -0.3 is 4.90 Å². The Morgan fingerprint density at radius 1 is 0.933 bits per heavy atom. The fourth-order valence-electron chi connectivity index (χ4n) is 1.38. The van der Waals surface area contributed by atoms with Gasteiger partial charge in [-0.1, -0.05) is 18.2 Å². The molecule has 0 heterocycles. The van der Waals surface area contributed by atoms with Gasteiger partial charge in [0.2, 0.25) is 0 Å². The Balaban J connectivity index is 2.64. The molecule has 0 fully saturated rings. The van der Waals surface area contributed by atoms with E-state index in [1.165, 1.54) is 0 Å². The zero-order valence-corrected chi connectivity index (χ0v) is 8.56. The molecule has 0 atom stereocenters. The molecular formula is C12H13N3. The number of nitrogens with zero attached hydrogens (tertiary/aromatic N) is 3. The summed E-state index contributed by atoms with van der Waals surface area (Å²) >= 11 is 0. The van der Waals surface area contributed by atoms with Gasteiger partial charge in [-0.25, -0.2) is 0 Å². The Morgan fingerprint density at radius 2 is 1.47 bits per heavy atom. The summed E-state index contributed by atoms with van der Waals surface area (Å²) in [6, 6.07) is 14.1. The molecule has 0 N–H and O–H groups in total. The lowest BCUT2D eigenvalue weighted by atomic mass is 10.2. The summed E-state index contributed by atoms with van der Waals surface area (Å²) in [5, 5.41) is 17.1. The number of benzene rings is 1. The summed E-state index contributed by atoms with van der Waals surface area (Å²) in [4.78, 5) is 2.06. The molecular weight excluding hydrogens is 186 g/mol. The quantitative estimate of drug-likeness (QED) is 0.731. The third-order valence-corrected chi connectivity index (χ3v) is 2.11. The Bertz CT molecular complexity index is 341. The maximum absolute atomic E-state index is 8.55. The lowest BCUT2D eigenvalue weighted by Gasteiger charge is -2.22.